The number of benzene rings is 1. The highest BCUT2D eigenvalue weighted by atomic mass is 32.2. The van der Waals surface area contributed by atoms with E-state index in [1.165, 1.54) is 30.7 Å². The second-order valence-electron chi connectivity index (χ2n) is 7.93. The van der Waals surface area contributed by atoms with Gasteiger partial charge in [0.1, 0.15) is 5.75 Å². The lowest BCUT2D eigenvalue weighted by Crippen LogP contribution is -2.28. The van der Waals surface area contributed by atoms with E-state index in [0.717, 1.165) is 34.9 Å². The molecular formula is C22H30N2OS. The molecule has 2 heterocycles. The first-order valence-corrected chi connectivity index (χ1v) is 10.7. The largest absolute Gasteiger partial charge is 0.506 e. The van der Waals surface area contributed by atoms with E-state index in [1.54, 1.807) is 17.8 Å². The van der Waals surface area contributed by atoms with Crippen molar-refractivity contribution < 1.29 is 5.11 Å². The summed E-state index contributed by atoms with van der Waals surface area (Å²) in [5.41, 5.74) is 1.94. The van der Waals surface area contributed by atoms with Crippen molar-refractivity contribution in [2.75, 3.05) is 25.9 Å². The number of hydrogen-bond acceptors (Lipinski definition) is 4. The highest BCUT2D eigenvalue weighted by Crippen LogP contribution is 2.51. The first-order chi connectivity index (χ1) is 12.5. The van der Waals surface area contributed by atoms with Gasteiger partial charge in [-0.3, -0.25) is 4.98 Å². The first kappa shape index (κ1) is 19.2. The molecule has 2 aromatic rings. The van der Waals surface area contributed by atoms with Gasteiger partial charge in [0.05, 0.1) is 11.9 Å². The normalized spacial score (nSPS) is 24.1. The van der Waals surface area contributed by atoms with E-state index < -0.39 is 0 Å². The third-order valence-corrected chi connectivity index (χ3v) is 6.20. The Kier molecular flexibility index (Phi) is 6.25. The Morgan fingerprint density at radius 3 is 2.27 bits per heavy atom. The highest BCUT2D eigenvalue weighted by Gasteiger charge is 2.52. The molecule has 3 nitrogen and oxygen atoms in total. The van der Waals surface area contributed by atoms with Gasteiger partial charge in [-0.15, -0.1) is 11.8 Å². The monoisotopic (exact) mass is 370 g/mol. The molecule has 1 aromatic carbocycles. The summed E-state index contributed by atoms with van der Waals surface area (Å²) in [5, 5.41) is 9.12. The predicted molar refractivity (Wildman–Crippen MR) is 111 cm³/mol. The van der Waals surface area contributed by atoms with E-state index in [4.69, 9.17) is 5.11 Å². The average Bonchev–Trinajstić information content (AvgIpc) is 3.04. The van der Waals surface area contributed by atoms with E-state index in [1.807, 2.05) is 24.5 Å². The minimum atomic E-state index is 0.194. The molecule has 1 aliphatic heterocycles. The SMILES string of the molecule is CC(C)CN1CC2C(C)C2C1.CSc1ccc(-c2ccc(O)cn2)cc1. The first-order valence-electron chi connectivity index (χ1n) is 9.49. The maximum Gasteiger partial charge on any atom is 0.133 e. The van der Waals surface area contributed by atoms with Crippen molar-refractivity contribution in [1.82, 2.24) is 9.88 Å². The van der Waals surface area contributed by atoms with Gasteiger partial charge in [0.15, 0.2) is 0 Å². The van der Waals surface area contributed by atoms with Gasteiger partial charge < -0.3 is 10.0 Å². The second-order valence-corrected chi connectivity index (χ2v) is 8.81. The zero-order valence-corrected chi connectivity index (χ0v) is 17.0. The number of pyridine rings is 1. The third-order valence-electron chi connectivity index (χ3n) is 5.45. The number of likely N-dealkylation sites (tertiary alicyclic amines) is 1. The molecule has 0 radical (unpaired) electrons. The van der Waals surface area contributed by atoms with Crippen molar-refractivity contribution in [1.29, 1.82) is 0 Å². The number of aromatic nitrogens is 1. The molecule has 2 aliphatic rings. The minimum absolute atomic E-state index is 0.194. The number of thioether (sulfide) groups is 1. The van der Waals surface area contributed by atoms with Crippen molar-refractivity contribution in [3.63, 3.8) is 0 Å². The molecule has 0 amide bonds. The maximum atomic E-state index is 9.12. The molecular weight excluding hydrogens is 340 g/mol. The lowest BCUT2D eigenvalue weighted by atomic mass is 10.1. The molecule has 1 saturated carbocycles. The lowest BCUT2D eigenvalue weighted by molar-refractivity contribution is 0.258. The maximum absolute atomic E-state index is 9.12. The third kappa shape index (κ3) is 4.80. The van der Waals surface area contributed by atoms with Crippen LogP contribution in [0.4, 0.5) is 0 Å². The molecule has 2 unspecified atom stereocenters. The van der Waals surface area contributed by atoms with Crippen LogP contribution in [0.3, 0.4) is 0 Å². The Labute approximate surface area is 161 Å². The van der Waals surface area contributed by atoms with E-state index >= 15 is 0 Å². The number of hydrogen-bond donors (Lipinski definition) is 1. The molecule has 4 rings (SSSR count). The number of fused-ring (bicyclic) bond motifs is 1. The van der Waals surface area contributed by atoms with E-state index in [9.17, 15) is 0 Å². The minimum Gasteiger partial charge on any atom is -0.506 e. The summed E-state index contributed by atoms with van der Waals surface area (Å²) in [6, 6.07) is 11.6. The fourth-order valence-electron chi connectivity index (χ4n) is 3.89. The van der Waals surface area contributed by atoms with E-state index in [0.29, 0.717) is 0 Å². The molecule has 1 saturated heterocycles. The quantitative estimate of drug-likeness (QED) is 0.767. The number of rotatable bonds is 4. The summed E-state index contributed by atoms with van der Waals surface area (Å²) in [6.45, 7) is 11.1. The second kappa shape index (κ2) is 8.45. The van der Waals surface area contributed by atoms with Crippen molar-refractivity contribution in [3.8, 4) is 17.0 Å². The zero-order valence-electron chi connectivity index (χ0n) is 16.2. The van der Waals surface area contributed by atoms with Crippen LogP contribution in [0, 0.1) is 23.7 Å². The molecule has 26 heavy (non-hydrogen) atoms. The van der Waals surface area contributed by atoms with Crippen LogP contribution in [0.25, 0.3) is 11.3 Å². The van der Waals surface area contributed by atoms with Gasteiger partial charge in [0.2, 0.25) is 0 Å². The van der Waals surface area contributed by atoms with Crippen molar-refractivity contribution >= 4 is 11.8 Å². The molecule has 1 aliphatic carbocycles. The summed E-state index contributed by atoms with van der Waals surface area (Å²) in [5.74, 6) is 4.25. The van der Waals surface area contributed by atoms with Crippen LogP contribution in [-0.4, -0.2) is 40.9 Å². The average molecular weight is 371 g/mol. The van der Waals surface area contributed by atoms with Crippen LogP contribution in [0.1, 0.15) is 20.8 Å². The predicted octanol–water partition coefficient (Wildman–Crippen LogP) is 5.02. The molecule has 0 bridgehead atoms. The summed E-state index contributed by atoms with van der Waals surface area (Å²) in [4.78, 5) is 8.02. The molecule has 2 atom stereocenters. The Morgan fingerprint density at radius 1 is 1.12 bits per heavy atom. The Bertz CT molecular complexity index is 687. The van der Waals surface area contributed by atoms with Crippen molar-refractivity contribution in [2.45, 2.75) is 25.7 Å². The standard InChI is InChI=1S/C12H11NOS.C10H19N/c1-15-11-5-2-9(3-6-11)12-7-4-10(14)8-13-12;1-7(2)4-11-5-9-8(3)10(9)6-11/h2-8,14H,1H3;7-10H,4-6H2,1-3H3. The van der Waals surface area contributed by atoms with Crippen LogP contribution in [0.2, 0.25) is 0 Å². The van der Waals surface area contributed by atoms with Gasteiger partial charge >= 0.3 is 0 Å². The van der Waals surface area contributed by atoms with E-state index in [-0.39, 0.29) is 5.75 Å². The summed E-state index contributed by atoms with van der Waals surface area (Å²) >= 11 is 1.71. The fourth-order valence-corrected chi connectivity index (χ4v) is 4.30. The van der Waals surface area contributed by atoms with Gasteiger partial charge in [-0.2, -0.15) is 0 Å². The molecule has 1 N–H and O–H groups in total. The van der Waals surface area contributed by atoms with Gasteiger partial charge in [-0.1, -0.05) is 32.9 Å². The van der Waals surface area contributed by atoms with Crippen LogP contribution < -0.4 is 0 Å². The fraction of sp³-hybridized carbons (Fsp3) is 0.500. The van der Waals surface area contributed by atoms with Gasteiger partial charge in [0, 0.05) is 30.1 Å². The van der Waals surface area contributed by atoms with Crippen molar-refractivity contribution in [3.05, 3.63) is 42.6 Å². The lowest BCUT2D eigenvalue weighted by Gasteiger charge is -2.20. The highest BCUT2D eigenvalue weighted by molar-refractivity contribution is 7.98. The van der Waals surface area contributed by atoms with Crippen molar-refractivity contribution in [2.24, 2.45) is 23.7 Å². The molecule has 140 valence electrons. The number of piperidine rings is 1. The molecule has 1 aromatic heterocycles. The summed E-state index contributed by atoms with van der Waals surface area (Å²) < 4.78 is 0. The molecule has 2 fully saturated rings. The van der Waals surface area contributed by atoms with Crippen LogP contribution >= 0.6 is 11.8 Å². The topological polar surface area (TPSA) is 36.4 Å². The van der Waals surface area contributed by atoms with Gasteiger partial charge in [-0.05, 0) is 54.2 Å². The molecule has 4 heteroatoms. The van der Waals surface area contributed by atoms with Gasteiger partial charge in [0.25, 0.3) is 0 Å². The zero-order chi connectivity index (χ0) is 18.7. The summed E-state index contributed by atoms with van der Waals surface area (Å²) in [6.07, 6.45) is 3.51. The number of nitrogens with zero attached hydrogens (tertiary/aromatic N) is 2. The van der Waals surface area contributed by atoms with E-state index in [2.05, 4.69) is 42.8 Å². The molecule has 0 spiro atoms. The number of aromatic hydroxyl groups is 1. The Balaban J connectivity index is 0.000000158. The van der Waals surface area contributed by atoms with Crippen LogP contribution in [0.5, 0.6) is 5.75 Å². The summed E-state index contributed by atoms with van der Waals surface area (Å²) in [7, 11) is 0. The smallest absolute Gasteiger partial charge is 0.133 e. The van der Waals surface area contributed by atoms with Gasteiger partial charge in [-0.25, -0.2) is 0 Å². The van der Waals surface area contributed by atoms with Crippen LogP contribution in [0.15, 0.2) is 47.5 Å². The van der Waals surface area contributed by atoms with Crippen LogP contribution in [-0.2, 0) is 0 Å². The Hall–Kier alpha value is -1.52. The Morgan fingerprint density at radius 2 is 1.77 bits per heavy atom.